The number of aromatic nitrogens is 3. The van der Waals surface area contributed by atoms with Gasteiger partial charge in [-0.15, -0.1) is 10.2 Å². The second-order valence-corrected chi connectivity index (χ2v) is 4.41. The first-order valence-electron chi connectivity index (χ1n) is 6.51. The van der Waals surface area contributed by atoms with Gasteiger partial charge in [-0.05, 0) is 24.3 Å². The third-order valence-corrected chi connectivity index (χ3v) is 2.88. The molecule has 6 heteroatoms. The monoisotopic (exact) mass is 284 g/mol. The van der Waals surface area contributed by atoms with Gasteiger partial charge in [0, 0.05) is 12.7 Å². The molecule has 2 aromatic heterocycles. The fourth-order valence-electron chi connectivity index (χ4n) is 1.87. The molecule has 2 heterocycles. The van der Waals surface area contributed by atoms with Gasteiger partial charge in [-0.3, -0.25) is 4.98 Å². The topological polar surface area (TPSA) is 63.8 Å². The molecule has 3 rings (SSSR count). The van der Waals surface area contributed by atoms with Crippen LogP contribution in [0.2, 0.25) is 0 Å². The van der Waals surface area contributed by atoms with Crippen molar-refractivity contribution in [1.82, 2.24) is 20.5 Å². The Kier molecular flexibility index (Phi) is 3.97. The van der Waals surface area contributed by atoms with Crippen molar-refractivity contribution in [3.63, 3.8) is 0 Å². The molecule has 5 nitrogen and oxygen atoms in total. The standard InChI is InChI=1S/C15H13FN4O/c16-13-7-2-1-6-12(13)15-20-19-14(21-15)10-17-9-11-5-3-4-8-18-11/h1-8,17H,9-10H2. The maximum absolute atomic E-state index is 13.6. The number of nitrogens with one attached hydrogen (secondary N) is 1. The summed E-state index contributed by atoms with van der Waals surface area (Å²) in [6.45, 7) is 0.996. The molecule has 1 N–H and O–H groups in total. The number of nitrogens with zero attached hydrogens (tertiary/aromatic N) is 3. The minimum Gasteiger partial charge on any atom is -0.419 e. The van der Waals surface area contributed by atoms with E-state index in [0.29, 0.717) is 24.5 Å². The van der Waals surface area contributed by atoms with Crippen LogP contribution in [-0.4, -0.2) is 15.2 Å². The Morgan fingerprint density at radius 3 is 2.67 bits per heavy atom. The second kappa shape index (κ2) is 6.23. The van der Waals surface area contributed by atoms with Gasteiger partial charge in [-0.2, -0.15) is 0 Å². The Morgan fingerprint density at radius 1 is 1.00 bits per heavy atom. The first-order valence-corrected chi connectivity index (χ1v) is 6.51. The molecular formula is C15H13FN4O. The van der Waals surface area contributed by atoms with Crippen LogP contribution in [0.4, 0.5) is 4.39 Å². The molecule has 0 saturated carbocycles. The molecule has 0 unspecified atom stereocenters. The Morgan fingerprint density at radius 2 is 1.86 bits per heavy atom. The maximum atomic E-state index is 13.6. The van der Waals surface area contributed by atoms with E-state index in [1.165, 1.54) is 6.07 Å². The fraction of sp³-hybridized carbons (Fsp3) is 0.133. The smallest absolute Gasteiger partial charge is 0.250 e. The van der Waals surface area contributed by atoms with Crippen molar-refractivity contribution in [3.8, 4) is 11.5 Å². The summed E-state index contributed by atoms with van der Waals surface area (Å²) in [5.41, 5.74) is 1.23. The zero-order valence-corrected chi connectivity index (χ0v) is 11.2. The van der Waals surface area contributed by atoms with E-state index < -0.39 is 0 Å². The van der Waals surface area contributed by atoms with Crippen molar-refractivity contribution in [2.75, 3.05) is 0 Å². The molecule has 1 aromatic carbocycles. The molecule has 3 aromatic rings. The summed E-state index contributed by atoms with van der Waals surface area (Å²) >= 11 is 0. The van der Waals surface area contributed by atoms with E-state index in [9.17, 15) is 4.39 Å². The molecule has 0 fully saturated rings. The quantitative estimate of drug-likeness (QED) is 0.780. The SMILES string of the molecule is Fc1ccccc1-c1nnc(CNCc2ccccn2)o1. The van der Waals surface area contributed by atoms with Crippen LogP contribution in [0.25, 0.3) is 11.5 Å². The summed E-state index contributed by atoms with van der Waals surface area (Å²) in [6.07, 6.45) is 1.74. The Labute approximate surface area is 120 Å². The second-order valence-electron chi connectivity index (χ2n) is 4.41. The Bertz CT molecular complexity index is 714. The molecule has 0 saturated heterocycles. The van der Waals surface area contributed by atoms with Gasteiger partial charge in [0.1, 0.15) is 5.82 Å². The van der Waals surface area contributed by atoms with Gasteiger partial charge in [0.2, 0.25) is 5.89 Å². The van der Waals surface area contributed by atoms with E-state index in [1.807, 2.05) is 18.2 Å². The van der Waals surface area contributed by atoms with Gasteiger partial charge in [-0.1, -0.05) is 18.2 Å². The van der Waals surface area contributed by atoms with Crippen LogP contribution in [0.5, 0.6) is 0 Å². The zero-order valence-electron chi connectivity index (χ0n) is 11.2. The third-order valence-electron chi connectivity index (χ3n) is 2.88. The van der Waals surface area contributed by atoms with E-state index in [4.69, 9.17) is 4.42 Å². The first-order chi connectivity index (χ1) is 10.3. The Balaban J connectivity index is 1.62. The average molecular weight is 284 g/mol. The van der Waals surface area contributed by atoms with Gasteiger partial charge in [-0.25, -0.2) is 4.39 Å². The van der Waals surface area contributed by atoms with Crippen molar-refractivity contribution in [2.24, 2.45) is 0 Å². The highest BCUT2D eigenvalue weighted by Crippen LogP contribution is 2.20. The van der Waals surface area contributed by atoms with Crippen LogP contribution >= 0.6 is 0 Å². The highest BCUT2D eigenvalue weighted by Gasteiger charge is 2.11. The minimum atomic E-state index is -0.380. The summed E-state index contributed by atoms with van der Waals surface area (Å²) in [6, 6.07) is 12.0. The highest BCUT2D eigenvalue weighted by molar-refractivity contribution is 5.53. The zero-order chi connectivity index (χ0) is 14.5. The average Bonchev–Trinajstić information content (AvgIpc) is 2.97. The summed E-state index contributed by atoms with van der Waals surface area (Å²) in [5, 5.41) is 10.9. The van der Waals surface area contributed by atoms with Crippen LogP contribution in [0.3, 0.4) is 0 Å². The number of halogens is 1. The molecule has 0 radical (unpaired) electrons. The lowest BCUT2D eigenvalue weighted by molar-refractivity contribution is 0.473. The number of pyridine rings is 1. The summed E-state index contributed by atoms with van der Waals surface area (Å²) in [7, 11) is 0. The summed E-state index contributed by atoms with van der Waals surface area (Å²) in [5.74, 6) is 0.209. The van der Waals surface area contributed by atoms with Gasteiger partial charge in [0.15, 0.2) is 0 Å². The number of hydrogen-bond donors (Lipinski definition) is 1. The Hall–Kier alpha value is -2.60. The molecule has 0 bridgehead atoms. The van der Waals surface area contributed by atoms with E-state index in [-0.39, 0.29) is 11.7 Å². The van der Waals surface area contributed by atoms with Gasteiger partial charge < -0.3 is 9.73 Å². The van der Waals surface area contributed by atoms with E-state index in [1.54, 1.807) is 24.4 Å². The van der Waals surface area contributed by atoms with Gasteiger partial charge in [0.05, 0.1) is 17.8 Å². The van der Waals surface area contributed by atoms with Crippen molar-refractivity contribution in [2.45, 2.75) is 13.1 Å². The van der Waals surface area contributed by atoms with E-state index in [2.05, 4.69) is 20.5 Å². The summed E-state index contributed by atoms with van der Waals surface area (Å²) in [4.78, 5) is 4.20. The van der Waals surface area contributed by atoms with Crippen molar-refractivity contribution >= 4 is 0 Å². The normalized spacial score (nSPS) is 10.7. The maximum Gasteiger partial charge on any atom is 0.250 e. The lowest BCUT2D eigenvalue weighted by Crippen LogP contribution is -2.13. The molecular weight excluding hydrogens is 271 g/mol. The fourth-order valence-corrected chi connectivity index (χ4v) is 1.87. The lowest BCUT2D eigenvalue weighted by atomic mass is 10.2. The van der Waals surface area contributed by atoms with Crippen molar-refractivity contribution in [3.05, 3.63) is 66.1 Å². The minimum absolute atomic E-state index is 0.183. The van der Waals surface area contributed by atoms with E-state index >= 15 is 0 Å². The van der Waals surface area contributed by atoms with Gasteiger partial charge in [0.25, 0.3) is 5.89 Å². The molecule has 21 heavy (non-hydrogen) atoms. The van der Waals surface area contributed by atoms with Crippen molar-refractivity contribution < 1.29 is 8.81 Å². The number of rotatable bonds is 5. The molecule has 0 aliphatic rings. The highest BCUT2D eigenvalue weighted by atomic mass is 19.1. The van der Waals surface area contributed by atoms with Crippen LogP contribution in [0, 0.1) is 5.82 Å². The van der Waals surface area contributed by atoms with E-state index in [0.717, 1.165) is 5.69 Å². The number of benzene rings is 1. The largest absolute Gasteiger partial charge is 0.419 e. The van der Waals surface area contributed by atoms with Crippen LogP contribution in [-0.2, 0) is 13.1 Å². The summed E-state index contributed by atoms with van der Waals surface area (Å²) < 4.78 is 19.0. The molecule has 106 valence electrons. The molecule has 0 aliphatic carbocycles. The molecule has 0 amide bonds. The predicted octanol–water partition coefficient (Wildman–Crippen LogP) is 2.56. The first kappa shape index (κ1) is 13.4. The molecule has 0 atom stereocenters. The third kappa shape index (κ3) is 3.29. The predicted molar refractivity (Wildman–Crippen MR) is 74.5 cm³/mol. The van der Waals surface area contributed by atoms with Crippen molar-refractivity contribution in [1.29, 1.82) is 0 Å². The van der Waals surface area contributed by atoms with Crippen LogP contribution < -0.4 is 5.32 Å². The molecule has 0 aliphatic heterocycles. The number of hydrogen-bond acceptors (Lipinski definition) is 5. The van der Waals surface area contributed by atoms with Gasteiger partial charge >= 0.3 is 0 Å². The lowest BCUT2D eigenvalue weighted by Gasteiger charge is -2.00. The van der Waals surface area contributed by atoms with Crippen LogP contribution in [0.1, 0.15) is 11.6 Å². The van der Waals surface area contributed by atoms with Crippen LogP contribution in [0.15, 0.2) is 53.1 Å². The molecule has 0 spiro atoms.